The highest BCUT2D eigenvalue weighted by Crippen LogP contribution is 2.18. The highest BCUT2D eigenvalue weighted by Gasteiger charge is 2.15. The number of nitrogens with one attached hydrogen (secondary N) is 3. The highest BCUT2D eigenvalue weighted by molar-refractivity contribution is 7.92. The summed E-state index contributed by atoms with van der Waals surface area (Å²) in [7, 11) is -3.67. The summed E-state index contributed by atoms with van der Waals surface area (Å²) in [6.07, 6.45) is 2.50. The second-order valence-electron chi connectivity index (χ2n) is 3.86. The van der Waals surface area contributed by atoms with Gasteiger partial charge in [0.2, 0.25) is 0 Å². The molecule has 2 rings (SSSR count). The molecular formula is C11H13N5O3S. The van der Waals surface area contributed by atoms with Crippen LogP contribution in [0.3, 0.4) is 0 Å². The van der Waals surface area contributed by atoms with E-state index >= 15 is 0 Å². The minimum Gasteiger partial charge on any atom is -0.486 e. The van der Waals surface area contributed by atoms with Crippen LogP contribution in [0, 0.1) is 5.41 Å². The molecule has 0 atom stereocenters. The molecule has 2 aromatic rings. The molecule has 106 valence electrons. The zero-order valence-electron chi connectivity index (χ0n) is 10.3. The summed E-state index contributed by atoms with van der Waals surface area (Å²) in [4.78, 5) is 6.18. The number of hydrogen-bond acceptors (Lipinski definition) is 5. The molecule has 5 N–H and O–H groups in total. The summed E-state index contributed by atoms with van der Waals surface area (Å²) in [5.74, 6) is 0.402. The van der Waals surface area contributed by atoms with Crippen LogP contribution in [0.25, 0.3) is 0 Å². The molecule has 9 heteroatoms. The molecule has 0 saturated heterocycles. The van der Waals surface area contributed by atoms with Crippen LogP contribution < -0.4 is 15.2 Å². The smallest absolute Gasteiger partial charge is 0.278 e. The Labute approximate surface area is 115 Å². The molecule has 0 saturated carbocycles. The van der Waals surface area contributed by atoms with Gasteiger partial charge in [0.1, 0.15) is 18.2 Å². The van der Waals surface area contributed by atoms with Gasteiger partial charge < -0.3 is 15.5 Å². The maximum absolute atomic E-state index is 11.9. The van der Waals surface area contributed by atoms with Gasteiger partial charge in [0.05, 0.1) is 12.5 Å². The van der Waals surface area contributed by atoms with Crippen LogP contribution in [0.2, 0.25) is 0 Å². The van der Waals surface area contributed by atoms with Gasteiger partial charge in [0.15, 0.2) is 5.03 Å². The van der Waals surface area contributed by atoms with E-state index in [1.165, 1.54) is 12.5 Å². The third-order valence-electron chi connectivity index (χ3n) is 2.26. The van der Waals surface area contributed by atoms with Gasteiger partial charge in [-0.05, 0) is 24.3 Å². The lowest BCUT2D eigenvalue weighted by molar-refractivity contribution is 0.374. The van der Waals surface area contributed by atoms with E-state index in [-0.39, 0.29) is 17.5 Å². The Morgan fingerprint density at radius 2 is 2.10 bits per heavy atom. The first kappa shape index (κ1) is 13.9. The lowest BCUT2D eigenvalue weighted by Gasteiger charge is -2.08. The van der Waals surface area contributed by atoms with Crippen molar-refractivity contribution in [2.75, 3.05) is 11.3 Å². The number of nitrogens with zero attached hydrogens (tertiary/aromatic N) is 1. The van der Waals surface area contributed by atoms with Gasteiger partial charge in [-0.1, -0.05) is 0 Å². The van der Waals surface area contributed by atoms with Gasteiger partial charge in [-0.2, -0.15) is 8.42 Å². The fraction of sp³-hybridized carbons (Fsp3) is 0.0909. The number of imidazole rings is 1. The Kier molecular flexibility index (Phi) is 3.89. The fourth-order valence-corrected chi connectivity index (χ4v) is 2.34. The van der Waals surface area contributed by atoms with Crippen molar-refractivity contribution >= 4 is 21.5 Å². The molecule has 1 heterocycles. The Morgan fingerprint density at radius 3 is 2.65 bits per heavy atom. The minimum absolute atomic E-state index is 0.0147. The number of nitrogens with two attached hydrogens (primary N) is 1. The normalized spacial score (nSPS) is 11.0. The fourth-order valence-electron chi connectivity index (χ4n) is 1.38. The van der Waals surface area contributed by atoms with Gasteiger partial charge in [-0.25, -0.2) is 4.98 Å². The predicted molar refractivity (Wildman–Crippen MR) is 73.2 cm³/mol. The topological polar surface area (TPSA) is 134 Å². The average molecular weight is 295 g/mol. The molecular weight excluding hydrogens is 282 g/mol. The van der Waals surface area contributed by atoms with E-state index in [4.69, 9.17) is 15.9 Å². The highest BCUT2D eigenvalue weighted by atomic mass is 32.2. The number of H-pyrrole nitrogens is 1. The van der Waals surface area contributed by atoms with Crippen molar-refractivity contribution in [3.05, 3.63) is 36.8 Å². The van der Waals surface area contributed by atoms with Gasteiger partial charge in [0.25, 0.3) is 10.0 Å². The molecule has 0 bridgehead atoms. The maximum Gasteiger partial charge on any atom is 0.278 e. The Morgan fingerprint density at radius 1 is 1.40 bits per heavy atom. The first-order valence-corrected chi connectivity index (χ1v) is 7.02. The molecule has 20 heavy (non-hydrogen) atoms. The molecule has 0 aliphatic rings. The van der Waals surface area contributed by atoms with Crippen LogP contribution in [0.15, 0.2) is 41.8 Å². The third kappa shape index (κ3) is 3.48. The number of rotatable bonds is 6. The Balaban J connectivity index is 2.06. The molecule has 0 fully saturated rings. The van der Waals surface area contributed by atoms with E-state index in [9.17, 15) is 8.42 Å². The summed E-state index contributed by atoms with van der Waals surface area (Å²) in [6.45, 7) is -0.0147. The zero-order valence-corrected chi connectivity index (χ0v) is 11.1. The first-order chi connectivity index (χ1) is 9.47. The Hall–Kier alpha value is -2.55. The molecule has 1 aromatic heterocycles. The number of sulfonamides is 1. The molecule has 0 amide bonds. The van der Waals surface area contributed by atoms with E-state index in [2.05, 4.69) is 14.7 Å². The van der Waals surface area contributed by atoms with Crippen molar-refractivity contribution < 1.29 is 13.2 Å². The number of amidine groups is 1. The number of aromatic amines is 1. The van der Waals surface area contributed by atoms with Crippen LogP contribution in [-0.2, 0) is 10.0 Å². The Bertz CT molecular complexity index is 679. The van der Waals surface area contributed by atoms with E-state index in [1.807, 2.05) is 0 Å². The number of aromatic nitrogens is 2. The molecule has 0 radical (unpaired) electrons. The van der Waals surface area contributed by atoms with Gasteiger partial charge in [0, 0.05) is 5.69 Å². The monoisotopic (exact) mass is 295 g/mol. The van der Waals surface area contributed by atoms with Gasteiger partial charge in [-0.15, -0.1) is 0 Å². The average Bonchev–Trinajstić information content (AvgIpc) is 2.92. The quantitative estimate of drug-likeness (QED) is 0.455. The number of anilines is 1. The lowest BCUT2D eigenvalue weighted by atomic mass is 10.3. The molecule has 0 spiro atoms. The maximum atomic E-state index is 11.9. The summed E-state index contributed by atoms with van der Waals surface area (Å²) < 4.78 is 31.4. The van der Waals surface area contributed by atoms with Crippen LogP contribution >= 0.6 is 0 Å². The number of hydrogen-bond donors (Lipinski definition) is 4. The number of benzene rings is 1. The first-order valence-electron chi connectivity index (χ1n) is 5.54. The minimum atomic E-state index is -3.67. The van der Waals surface area contributed by atoms with E-state index in [1.54, 1.807) is 24.3 Å². The SMILES string of the molecule is N=C(N)COc1ccc(NS(=O)(=O)c2cnc[nH]2)cc1. The van der Waals surface area contributed by atoms with Crippen molar-refractivity contribution in [3.63, 3.8) is 0 Å². The molecule has 0 aliphatic carbocycles. The summed E-state index contributed by atoms with van der Waals surface area (Å²) in [5.41, 5.74) is 5.55. The van der Waals surface area contributed by atoms with Crippen molar-refractivity contribution in [1.29, 1.82) is 5.41 Å². The van der Waals surface area contributed by atoms with Crippen LogP contribution in [0.1, 0.15) is 0 Å². The van der Waals surface area contributed by atoms with Crippen molar-refractivity contribution in [1.82, 2.24) is 9.97 Å². The number of ether oxygens (including phenoxy) is 1. The summed E-state index contributed by atoms with van der Waals surface area (Å²) >= 11 is 0. The summed E-state index contributed by atoms with van der Waals surface area (Å²) in [5, 5.41) is 7.02. The summed E-state index contributed by atoms with van der Waals surface area (Å²) in [6, 6.07) is 6.24. The molecule has 0 unspecified atom stereocenters. The zero-order chi connectivity index (χ0) is 14.6. The second kappa shape index (κ2) is 5.61. The van der Waals surface area contributed by atoms with Gasteiger partial charge in [-0.3, -0.25) is 10.1 Å². The standard InChI is InChI=1S/C11H13N5O3S/c12-10(13)6-19-9-3-1-8(2-4-9)16-20(17,18)11-5-14-7-15-11/h1-5,7,16H,6H2,(H3,12,13)(H,14,15). The largest absolute Gasteiger partial charge is 0.486 e. The van der Waals surface area contributed by atoms with Crippen molar-refractivity contribution in [3.8, 4) is 5.75 Å². The third-order valence-corrected chi connectivity index (χ3v) is 3.57. The van der Waals surface area contributed by atoms with Crippen LogP contribution in [0.4, 0.5) is 5.69 Å². The molecule has 0 aliphatic heterocycles. The predicted octanol–water partition coefficient (Wildman–Crippen LogP) is 0.525. The van der Waals surface area contributed by atoms with E-state index < -0.39 is 10.0 Å². The van der Waals surface area contributed by atoms with Crippen LogP contribution in [0.5, 0.6) is 5.75 Å². The van der Waals surface area contributed by atoms with Crippen LogP contribution in [-0.4, -0.2) is 30.8 Å². The molecule has 1 aromatic carbocycles. The van der Waals surface area contributed by atoms with Gasteiger partial charge >= 0.3 is 0 Å². The van der Waals surface area contributed by atoms with E-state index in [0.29, 0.717) is 11.4 Å². The second-order valence-corrected chi connectivity index (χ2v) is 5.51. The van der Waals surface area contributed by atoms with E-state index in [0.717, 1.165) is 0 Å². The van der Waals surface area contributed by atoms with Crippen molar-refractivity contribution in [2.24, 2.45) is 5.73 Å². The molecule has 8 nitrogen and oxygen atoms in total. The van der Waals surface area contributed by atoms with Crippen molar-refractivity contribution in [2.45, 2.75) is 5.03 Å². The lowest BCUT2D eigenvalue weighted by Crippen LogP contribution is -2.19.